The second kappa shape index (κ2) is 8.20. The number of benzene rings is 1. The fraction of sp³-hybridized carbons (Fsp3) is 0.500. The van der Waals surface area contributed by atoms with Gasteiger partial charge in [-0.1, -0.05) is 29.3 Å². The molecule has 0 aliphatic carbocycles. The van der Waals surface area contributed by atoms with Crippen molar-refractivity contribution in [3.63, 3.8) is 0 Å². The lowest BCUT2D eigenvalue weighted by Gasteiger charge is -2.29. The van der Waals surface area contributed by atoms with Gasteiger partial charge in [-0.05, 0) is 31.5 Å². The third kappa shape index (κ3) is 4.47. The van der Waals surface area contributed by atoms with Gasteiger partial charge in [0.1, 0.15) is 0 Å². The number of carbonyl (C=O) groups is 1. The third-order valence-electron chi connectivity index (χ3n) is 3.53. The number of rotatable bonds is 5. The Bertz CT molecular complexity index is 471. The van der Waals surface area contributed by atoms with Crippen molar-refractivity contribution >= 4 is 41.5 Å². The molecule has 1 aliphatic rings. The molecule has 118 valence electrons. The molecule has 2 N–H and O–H groups in total. The minimum absolute atomic E-state index is 0. The van der Waals surface area contributed by atoms with Gasteiger partial charge in [0.15, 0.2) is 0 Å². The van der Waals surface area contributed by atoms with Gasteiger partial charge in [-0.15, -0.1) is 12.4 Å². The Morgan fingerprint density at radius 3 is 2.62 bits per heavy atom. The number of carbonyl (C=O) groups excluding carboxylic acids is 1. The van der Waals surface area contributed by atoms with Crippen LogP contribution >= 0.6 is 35.6 Å². The lowest BCUT2D eigenvalue weighted by atomic mass is 9.98. The maximum Gasteiger partial charge on any atom is 0.254 e. The highest BCUT2D eigenvalue weighted by Crippen LogP contribution is 2.24. The highest BCUT2D eigenvalue weighted by molar-refractivity contribution is 6.39. The molecule has 4 nitrogen and oxygen atoms in total. The van der Waals surface area contributed by atoms with E-state index in [-0.39, 0.29) is 23.9 Å². The van der Waals surface area contributed by atoms with Crippen LogP contribution in [0, 0.1) is 0 Å². The number of hydrogen-bond acceptors (Lipinski definition) is 3. The van der Waals surface area contributed by atoms with E-state index in [1.165, 1.54) is 0 Å². The van der Waals surface area contributed by atoms with E-state index in [9.17, 15) is 4.79 Å². The Kier molecular flexibility index (Phi) is 7.24. The molecular weight excluding hydrogens is 335 g/mol. The highest BCUT2D eigenvalue weighted by Gasteiger charge is 2.34. The van der Waals surface area contributed by atoms with Crippen molar-refractivity contribution in [2.75, 3.05) is 26.8 Å². The summed E-state index contributed by atoms with van der Waals surface area (Å²) in [5, 5.41) is 7.01. The minimum Gasteiger partial charge on any atom is -0.383 e. The van der Waals surface area contributed by atoms with Crippen LogP contribution in [0.15, 0.2) is 18.2 Å². The van der Waals surface area contributed by atoms with Crippen molar-refractivity contribution in [1.82, 2.24) is 10.6 Å². The quantitative estimate of drug-likeness (QED) is 0.856. The first-order valence-corrected chi connectivity index (χ1v) is 7.30. The van der Waals surface area contributed by atoms with Crippen LogP contribution in [-0.4, -0.2) is 38.3 Å². The number of methoxy groups -OCH3 is 1. The van der Waals surface area contributed by atoms with Crippen LogP contribution in [0.1, 0.15) is 23.2 Å². The molecule has 1 heterocycles. The van der Waals surface area contributed by atoms with E-state index < -0.39 is 0 Å². The number of amides is 1. The lowest BCUT2D eigenvalue weighted by Crippen LogP contribution is -2.53. The molecule has 1 atom stereocenters. The van der Waals surface area contributed by atoms with Gasteiger partial charge in [0.25, 0.3) is 5.91 Å². The zero-order chi connectivity index (χ0) is 14.6. The Balaban J connectivity index is 0.00000220. The Hall–Kier alpha value is -0.520. The fourth-order valence-electron chi connectivity index (χ4n) is 2.52. The van der Waals surface area contributed by atoms with E-state index in [1.54, 1.807) is 25.3 Å². The van der Waals surface area contributed by atoms with Crippen molar-refractivity contribution < 1.29 is 9.53 Å². The molecule has 0 bridgehead atoms. The average Bonchev–Trinajstić information content (AvgIpc) is 2.86. The van der Waals surface area contributed by atoms with Crippen LogP contribution in [-0.2, 0) is 4.74 Å². The van der Waals surface area contributed by atoms with Crippen LogP contribution in [0.5, 0.6) is 0 Å². The van der Waals surface area contributed by atoms with Gasteiger partial charge >= 0.3 is 0 Å². The van der Waals surface area contributed by atoms with Gasteiger partial charge in [-0.25, -0.2) is 0 Å². The summed E-state index contributed by atoms with van der Waals surface area (Å²) < 4.78 is 5.25. The van der Waals surface area contributed by atoms with Gasteiger partial charge in [0, 0.05) is 13.7 Å². The van der Waals surface area contributed by atoms with E-state index >= 15 is 0 Å². The first kappa shape index (κ1) is 18.5. The molecule has 1 unspecified atom stereocenters. The summed E-state index contributed by atoms with van der Waals surface area (Å²) in [6, 6.07) is 5.02. The Morgan fingerprint density at radius 1 is 1.43 bits per heavy atom. The van der Waals surface area contributed by atoms with E-state index in [0.717, 1.165) is 19.4 Å². The summed E-state index contributed by atoms with van der Waals surface area (Å²) in [6.45, 7) is 1.98. The number of halogens is 3. The molecule has 1 fully saturated rings. The minimum atomic E-state index is -0.259. The van der Waals surface area contributed by atoms with Gasteiger partial charge in [0.05, 0.1) is 27.8 Å². The number of hydrogen-bond donors (Lipinski definition) is 2. The summed E-state index contributed by atoms with van der Waals surface area (Å²) in [7, 11) is 1.66. The maximum absolute atomic E-state index is 12.2. The Labute approximate surface area is 140 Å². The summed E-state index contributed by atoms with van der Waals surface area (Å²) in [5.41, 5.74) is 0.124. The van der Waals surface area contributed by atoms with E-state index in [1.807, 2.05) is 0 Å². The molecule has 0 aromatic heterocycles. The van der Waals surface area contributed by atoms with E-state index in [4.69, 9.17) is 27.9 Å². The average molecular weight is 354 g/mol. The standard InChI is InChI=1S/C14H18Cl2N2O2.ClH/c1-20-9-14(6-3-7-18-14)8-17-13(19)12-10(15)4-2-5-11(12)16;/h2,4-5,18H,3,6-9H2,1H3,(H,17,19);1H. The maximum atomic E-state index is 12.2. The van der Waals surface area contributed by atoms with Crippen LogP contribution in [0.3, 0.4) is 0 Å². The molecule has 0 spiro atoms. The van der Waals surface area contributed by atoms with E-state index in [2.05, 4.69) is 10.6 Å². The molecule has 1 amide bonds. The van der Waals surface area contributed by atoms with Crippen LogP contribution in [0.25, 0.3) is 0 Å². The SMILES string of the molecule is COCC1(CNC(=O)c2c(Cl)cccc2Cl)CCCN1.Cl. The fourth-order valence-corrected chi connectivity index (χ4v) is 3.09. The summed E-state index contributed by atoms with van der Waals surface area (Å²) >= 11 is 12.1. The third-order valence-corrected chi connectivity index (χ3v) is 4.16. The number of nitrogens with one attached hydrogen (secondary N) is 2. The summed E-state index contributed by atoms with van der Waals surface area (Å²) in [5.74, 6) is -0.259. The van der Waals surface area contributed by atoms with Gasteiger partial charge in [-0.3, -0.25) is 4.79 Å². The molecule has 1 aromatic rings. The van der Waals surface area contributed by atoms with Crippen LogP contribution < -0.4 is 10.6 Å². The van der Waals surface area contributed by atoms with Crippen LogP contribution in [0.2, 0.25) is 10.0 Å². The monoisotopic (exact) mass is 352 g/mol. The molecule has 0 saturated carbocycles. The van der Waals surface area contributed by atoms with Gasteiger partial charge in [0.2, 0.25) is 0 Å². The van der Waals surface area contributed by atoms with Gasteiger partial charge in [-0.2, -0.15) is 0 Å². The van der Waals surface area contributed by atoms with Crippen molar-refractivity contribution in [1.29, 1.82) is 0 Å². The first-order valence-electron chi connectivity index (χ1n) is 6.54. The second-order valence-corrected chi connectivity index (χ2v) is 5.84. The Morgan fingerprint density at radius 2 is 2.10 bits per heavy atom. The summed E-state index contributed by atoms with van der Waals surface area (Å²) in [4.78, 5) is 12.2. The van der Waals surface area contributed by atoms with Crippen molar-refractivity contribution in [3.05, 3.63) is 33.8 Å². The molecule has 1 saturated heterocycles. The molecule has 0 radical (unpaired) electrons. The molecule has 1 aromatic carbocycles. The van der Waals surface area contributed by atoms with E-state index in [0.29, 0.717) is 28.8 Å². The molecule has 7 heteroatoms. The molecule has 2 rings (SSSR count). The second-order valence-electron chi connectivity index (χ2n) is 5.02. The zero-order valence-corrected chi connectivity index (χ0v) is 14.1. The predicted octanol–water partition coefficient (Wildman–Crippen LogP) is 2.91. The smallest absolute Gasteiger partial charge is 0.254 e. The topological polar surface area (TPSA) is 50.4 Å². The predicted molar refractivity (Wildman–Crippen MR) is 87.9 cm³/mol. The van der Waals surface area contributed by atoms with Crippen LogP contribution in [0.4, 0.5) is 0 Å². The largest absolute Gasteiger partial charge is 0.383 e. The summed E-state index contributed by atoms with van der Waals surface area (Å²) in [6.07, 6.45) is 2.05. The lowest BCUT2D eigenvalue weighted by molar-refractivity contribution is 0.0892. The van der Waals surface area contributed by atoms with Crippen molar-refractivity contribution in [2.45, 2.75) is 18.4 Å². The molecule has 21 heavy (non-hydrogen) atoms. The number of ether oxygens (including phenoxy) is 1. The van der Waals surface area contributed by atoms with Gasteiger partial charge < -0.3 is 15.4 Å². The zero-order valence-electron chi connectivity index (χ0n) is 11.7. The normalized spacial score (nSPS) is 20.9. The highest BCUT2D eigenvalue weighted by atomic mass is 35.5. The molecular formula is C14H19Cl3N2O2. The van der Waals surface area contributed by atoms with Crippen molar-refractivity contribution in [3.8, 4) is 0 Å². The molecule has 1 aliphatic heterocycles. The first-order chi connectivity index (χ1) is 9.58. The van der Waals surface area contributed by atoms with Crippen molar-refractivity contribution in [2.24, 2.45) is 0 Å².